The molecule has 2 fully saturated rings. The first-order valence-electron chi connectivity index (χ1n) is 9.92. The molecule has 3 rings (SSSR count). The Labute approximate surface area is 151 Å². The van der Waals surface area contributed by atoms with Gasteiger partial charge in [0.2, 0.25) is 5.95 Å². The summed E-state index contributed by atoms with van der Waals surface area (Å²) in [5.74, 6) is 2.87. The van der Waals surface area contributed by atoms with Crippen LogP contribution in [0, 0.1) is 5.92 Å². The SMILES string of the molecule is CCNC(=NCCCC1CCCC1)N1CCN(c2ncccn2)CC1. The Morgan fingerprint density at radius 1 is 1.16 bits per heavy atom. The Morgan fingerprint density at radius 2 is 1.88 bits per heavy atom. The number of hydrogen-bond acceptors (Lipinski definition) is 4. The van der Waals surface area contributed by atoms with Crippen LogP contribution in [0.3, 0.4) is 0 Å². The average molecular weight is 345 g/mol. The summed E-state index contributed by atoms with van der Waals surface area (Å²) in [6.07, 6.45) is 11.9. The van der Waals surface area contributed by atoms with Gasteiger partial charge in [0.25, 0.3) is 0 Å². The maximum absolute atomic E-state index is 4.88. The average Bonchev–Trinajstić information content (AvgIpc) is 3.19. The molecule has 0 amide bonds. The molecule has 1 aliphatic heterocycles. The molecule has 2 aliphatic rings. The fourth-order valence-electron chi connectivity index (χ4n) is 3.86. The fraction of sp³-hybridized carbons (Fsp3) is 0.737. The summed E-state index contributed by atoms with van der Waals surface area (Å²) in [5.41, 5.74) is 0. The van der Waals surface area contributed by atoms with E-state index in [1.165, 1.54) is 38.5 Å². The Morgan fingerprint density at radius 3 is 2.56 bits per heavy atom. The topological polar surface area (TPSA) is 56.7 Å². The molecule has 0 bridgehead atoms. The third kappa shape index (κ3) is 5.31. The molecule has 0 spiro atoms. The van der Waals surface area contributed by atoms with E-state index < -0.39 is 0 Å². The smallest absolute Gasteiger partial charge is 0.225 e. The molecule has 1 aromatic heterocycles. The minimum Gasteiger partial charge on any atom is -0.357 e. The monoisotopic (exact) mass is 344 g/mol. The molecular weight excluding hydrogens is 312 g/mol. The quantitative estimate of drug-likeness (QED) is 0.488. The molecule has 0 aromatic carbocycles. The second-order valence-corrected chi connectivity index (χ2v) is 7.05. The summed E-state index contributed by atoms with van der Waals surface area (Å²) in [6.45, 7) is 7.82. The van der Waals surface area contributed by atoms with Crippen molar-refractivity contribution in [1.82, 2.24) is 20.2 Å². The van der Waals surface area contributed by atoms with Crippen molar-refractivity contribution in [2.24, 2.45) is 10.9 Å². The first-order chi connectivity index (χ1) is 12.4. The van der Waals surface area contributed by atoms with Gasteiger partial charge in [0, 0.05) is 51.7 Å². The molecule has 0 unspecified atom stereocenters. The van der Waals surface area contributed by atoms with Crippen LogP contribution < -0.4 is 10.2 Å². The molecule has 2 heterocycles. The maximum Gasteiger partial charge on any atom is 0.225 e. The molecule has 138 valence electrons. The zero-order chi connectivity index (χ0) is 17.3. The third-order valence-electron chi connectivity index (χ3n) is 5.26. The lowest BCUT2D eigenvalue weighted by Crippen LogP contribution is -2.53. The van der Waals surface area contributed by atoms with Gasteiger partial charge in [-0.05, 0) is 31.7 Å². The predicted octanol–water partition coefficient (Wildman–Crippen LogP) is 2.53. The van der Waals surface area contributed by atoms with E-state index in [-0.39, 0.29) is 0 Å². The van der Waals surface area contributed by atoms with Crippen LogP contribution in [0.15, 0.2) is 23.5 Å². The van der Waals surface area contributed by atoms with Crippen molar-refractivity contribution in [3.8, 4) is 0 Å². The van der Waals surface area contributed by atoms with Crippen LogP contribution in [0.4, 0.5) is 5.95 Å². The van der Waals surface area contributed by atoms with E-state index in [1.54, 1.807) is 0 Å². The van der Waals surface area contributed by atoms with Gasteiger partial charge in [-0.1, -0.05) is 25.7 Å². The van der Waals surface area contributed by atoms with Crippen LogP contribution in [0.2, 0.25) is 0 Å². The predicted molar refractivity (Wildman–Crippen MR) is 103 cm³/mol. The molecule has 0 atom stereocenters. The molecule has 1 N–H and O–H groups in total. The van der Waals surface area contributed by atoms with Crippen LogP contribution >= 0.6 is 0 Å². The van der Waals surface area contributed by atoms with Crippen molar-refractivity contribution in [3.63, 3.8) is 0 Å². The lowest BCUT2D eigenvalue weighted by Gasteiger charge is -2.36. The molecule has 6 heteroatoms. The van der Waals surface area contributed by atoms with Gasteiger partial charge in [-0.2, -0.15) is 0 Å². The van der Waals surface area contributed by atoms with E-state index in [0.29, 0.717) is 0 Å². The second kappa shape index (κ2) is 9.59. The van der Waals surface area contributed by atoms with Crippen LogP contribution in [-0.2, 0) is 0 Å². The minimum atomic E-state index is 0.834. The highest BCUT2D eigenvalue weighted by molar-refractivity contribution is 5.80. The van der Waals surface area contributed by atoms with Gasteiger partial charge in [-0.3, -0.25) is 4.99 Å². The van der Waals surface area contributed by atoms with Crippen molar-refractivity contribution < 1.29 is 0 Å². The summed E-state index contributed by atoms with van der Waals surface area (Å²) in [7, 11) is 0. The summed E-state index contributed by atoms with van der Waals surface area (Å²) in [5, 5.41) is 3.46. The molecule has 1 aliphatic carbocycles. The number of nitrogens with zero attached hydrogens (tertiary/aromatic N) is 5. The molecule has 6 nitrogen and oxygen atoms in total. The minimum absolute atomic E-state index is 0.834. The maximum atomic E-state index is 4.88. The summed E-state index contributed by atoms with van der Waals surface area (Å²) in [4.78, 5) is 18.2. The highest BCUT2D eigenvalue weighted by atomic mass is 15.4. The van der Waals surface area contributed by atoms with Gasteiger partial charge in [0.15, 0.2) is 5.96 Å². The fourth-order valence-corrected chi connectivity index (χ4v) is 3.86. The lowest BCUT2D eigenvalue weighted by atomic mass is 10.0. The van der Waals surface area contributed by atoms with E-state index in [2.05, 4.69) is 32.0 Å². The first kappa shape index (κ1) is 18.0. The second-order valence-electron chi connectivity index (χ2n) is 7.05. The zero-order valence-corrected chi connectivity index (χ0v) is 15.5. The zero-order valence-electron chi connectivity index (χ0n) is 15.5. The number of nitrogens with one attached hydrogen (secondary N) is 1. The number of aliphatic imine (C=N–C) groups is 1. The molecule has 0 radical (unpaired) electrons. The molecular formula is C19H32N6. The normalized spacial score (nSPS) is 19.5. The lowest BCUT2D eigenvalue weighted by molar-refractivity contribution is 0.369. The van der Waals surface area contributed by atoms with Gasteiger partial charge < -0.3 is 15.1 Å². The van der Waals surface area contributed by atoms with Crippen molar-refractivity contribution in [2.75, 3.05) is 44.2 Å². The van der Waals surface area contributed by atoms with Crippen LogP contribution in [0.1, 0.15) is 45.4 Å². The van der Waals surface area contributed by atoms with E-state index in [9.17, 15) is 0 Å². The van der Waals surface area contributed by atoms with Crippen molar-refractivity contribution >= 4 is 11.9 Å². The standard InChI is InChI=1S/C19H32N6/c1-2-20-18(21-10-5-9-17-7-3-4-8-17)24-13-15-25(16-14-24)19-22-11-6-12-23-19/h6,11-12,17H,2-5,7-10,13-16H2,1H3,(H,20,21). The third-order valence-corrected chi connectivity index (χ3v) is 5.26. The van der Waals surface area contributed by atoms with E-state index in [4.69, 9.17) is 4.99 Å². The molecule has 1 saturated carbocycles. The number of hydrogen-bond donors (Lipinski definition) is 1. The molecule has 1 aromatic rings. The largest absolute Gasteiger partial charge is 0.357 e. The van der Waals surface area contributed by atoms with Crippen molar-refractivity contribution in [1.29, 1.82) is 0 Å². The summed E-state index contributed by atoms with van der Waals surface area (Å²) >= 11 is 0. The van der Waals surface area contributed by atoms with Crippen molar-refractivity contribution in [2.45, 2.75) is 45.4 Å². The van der Waals surface area contributed by atoms with Gasteiger partial charge in [0.1, 0.15) is 0 Å². The van der Waals surface area contributed by atoms with Crippen LogP contribution in [0.25, 0.3) is 0 Å². The van der Waals surface area contributed by atoms with Gasteiger partial charge in [0.05, 0.1) is 0 Å². The number of rotatable bonds is 6. The van der Waals surface area contributed by atoms with E-state index >= 15 is 0 Å². The Bertz CT molecular complexity index is 518. The first-order valence-corrected chi connectivity index (χ1v) is 9.92. The van der Waals surface area contributed by atoms with Gasteiger partial charge in [-0.15, -0.1) is 0 Å². The Kier molecular flexibility index (Phi) is 6.89. The number of anilines is 1. The Hall–Kier alpha value is -1.85. The molecule has 25 heavy (non-hydrogen) atoms. The van der Waals surface area contributed by atoms with Crippen molar-refractivity contribution in [3.05, 3.63) is 18.5 Å². The summed E-state index contributed by atoms with van der Waals surface area (Å²) in [6, 6.07) is 1.86. The van der Waals surface area contributed by atoms with E-state index in [1.807, 2.05) is 18.5 Å². The molecule has 1 saturated heterocycles. The Balaban J connectivity index is 1.46. The highest BCUT2D eigenvalue weighted by Crippen LogP contribution is 2.28. The number of aromatic nitrogens is 2. The number of guanidine groups is 1. The van der Waals surface area contributed by atoms with Gasteiger partial charge >= 0.3 is 0 Å². The number of piperazine rings is 1. The van der Waals surface area contributed by atoms with E-state index in [0.717, 1.165) is 57.1 Å². The van der Waals surface area contributed by atoms with Gasteiger partial charge in [-0.25, -0.2) is 9.97 Å². The van der Waals surface area contributed by atoms with Crippen LogP contribution in [-0.4, -0.2) is 60.1 Å². The van der Waals surface area contributed by atoms with Crippen LogP contribution in [0.5, 0.6) is 0 Å². The summed E-state index contributed by atoms with van der Waals surface area (Å²) < 4.78 is 0. The highest BCUT2D eigenvalue weighted by Gasteiger charge is 2.21.